The molecule has 0 nitrogen and oxygen atoms in total. The zero-order chi connectivity index (χ0) is 17.9. The summed E-state index contributed by atoms with van der Waals surface area (Å²) in [5.41, 5.74) is 0. The van der Waals surface area contributed by atoms with Gasteiger partial charge in [0.1, 0.15) is 0 Å². The van der Waals surface area contributed by atoms with E-state index in [4.69, 9.17) is 0 Å². The van der Waals surface area contributed by atoms with E-state index < -0.39 is 6.08 Å². The second-order valence-electron chi connectivity index (χ2n) is 8.84. The lowest BCUT2D eigenvalue weighted by Crippen LogP contribution is -2.25. The maximum atomic E-state index is 12.1. The van der Waals surface area contributed by atoms with E-state index in [1.54, 1.807) is 0 Å². The molecule has 0 unspecified atom stereocenters. The van der Waals surface area contributed by atoms with Gasteiger partial charge < -0.3 is 0 Å². The third kappa shape index (κ3) is 8.22. The van der Waals surface area contributed by atoms with Crippen LogP contribution in [-0.4, -0.2) is 0 Å². The lowest BCUT2D eigenvalue weighted by Gasteiger charge is -2.38. The fraction of sp³-hybridized carbons (Fsp3) is 0.913. The highest BCUT2D eigenvalue weighted by Gasteiger charge is 2.30. The van der Waals surface area contributed by atoms with E-state index in [-0.39, 0.29) is 0 Å². The smallest absolute Gasteiger partial charge is 0.174 e. The second kappa shape index (κ2) is 12.1. The predicted octanol–water partition coefficient (Wildman–Crippen LogP) is 8.52. The molecule has 2 rings (SSSR count). The fourth-order valence-corrected chi connectivity index (χ4v) is 5.36. The van der Waals surface area contributed by atoms with Gasteiger partial charge in [-0.15, -0.1) is 0 Å². The summed E-state index contributed by atoms with van der Waals surface area (Å²) in [4.78, 5) is 0. The molecule has 0 atom stereocenters. The SMILES string of the molecule is CCCCCCC[C@H]1CC[C@H]([C@H]2CC[C@H](CCC=C(F)F)CC2)CC1. The molecule has 2 heteroatoms. The molecular weight excluding hydrogens is 314 g/mol. The summed E-state index contributed by atoms with van der Waals surface area (Å²) in [6.45, 7) is 2.29. The molecule has 0 radical (unpaired) electrons. The van der Waals surface area contributed by atoms with Crippen molar-refractivity contribution in [3.05, 3.63) is 12.2 Å². The Bertz CT molecular complexity index is 356. The molecule has 0 heterocycles. The van der Waals surface area contributed by atoms with Gasteiger partial charge in [0, 0.05) is 0 Å². The topological polar surface area (TPSA) is 0 Å². The average molecular weight is 355 g/mol. The Morgan fingerprint density at radius 1 is 0.720 bits per heavy atom. The Labute approximate surface area is 154 Å². The molecule has 0 saturated heterocycles. The zero-order valence-electron chi connectivity index (χ0n) is 16.5. The van der Waals surface area contributed by atoms with E-state index >= 15 is 0 Å². The molecule has 0 amide bonds. The molecule has 25 heavy (non-hydrogen) atoms. The maximum Gasteiger partial charge on any atom is 0.266 e. The van der Waals surface area contributed by atoms with Crippen molar-refractivity contribution in [2.75, 3.05) is 0 Å². The van der Waals surface area contributed by atoms with Gasteiger partial charge in [0.25, 0.3) is 6.08 Å². The van der Waals surface area contributed by atoms with E-state index in [0.29, 0.717) is 12.3 Å². The van der Waals surface area contributed by atoms with Crippen molar-refractivity contribution in [2.45, 2.75) is 110 Å². The van der Waals surface area contributed by atoms with Crippen molar-refractivity contribution in [3.8, 4) is 0 Å². The first-order valence-corrected chi connectivity index (χ1v) is 11.2. The summed E-state index contributed by atoms with van der Waals surface area (Å²) in [7, 11) is 0. The van der Waals surface area contributed by atoms with Crippen LogP contribution in [0.2, 0.25) is 0 Å². The van der Waals surface area contributed by atoms with Gasteiger partial charge in [0.2, 0.25) is 0 Å². The highest BCUT2D eigenvalue weighted by molar-refractivity contribution is 4.85. The van der Waals surface area contributed by atoms with Crippen LogP contribution in [0.1, 0.15) is 110 Å². The Morgan fingerprint density at radius 2 is 1.24 bits per heavy atom. The van der Waals surface area contributed by atoms with Crippen LogP contribution < -0.4 is 0 Å². The minimum absolute atomic E-state index is 0.570. The molecule has 0 aromatic rings. The number of halogens is 2. The van der Waals surface area contributed by atoms with Gasteiger partial charge in [-0.25, -0.2) is 0 Å². The summed E-state index contributed by atoms with van der Waals surface area (Å²) >= 11 is 0. The lowest BCUT2D eigenvalue weighted by molar-refractivity contribution is 0.140. The van der Waals surface area contributed by atoms with Crippen LogP contribution in [0, 0.1) is 23.7 Å². The molecule has 0 N–H and O–H groups in total. The molecular formula is C23H40F2. The summed E-state index contributed by atoms with van der Waals surface area (Å²) in [5.74, 6) is 3.62. The molecule has 2 aliphatic carbocycles. The Hall–Kier alpha value is -0.400. The van der Waals surface area contributed by atoms with Crippen LogP contribution in [0.4, 0.5) is 8.78 Å². The molecule has 0 aromatic heterocycles. The zero-order valence-corrected chi connectivity index (χ0v) is 16.5. The summed E-state index contributed by atoms with van der Waals surface area (Å²) in [6.07, 6.45) is 20.9. The van der Waals surface area contributed by atoms with Gasteiger partial charge in [-0.2, -0.15) is 8.78 Å². The van der Waals surface area contributed by atoms with Crippen molar-refractivity contribution >= 4 is 0 Å². The van der Waals surface area contributed by atoms with Gasteiger partial charge in [-0.05, 0) is 68.3 Å². The summed E-state index contributed by atoms with van der Waals surface area (Å²) < 4.78 is 24.2. The highest BCUT2D eigenvalue weighted by atomic mass is 19.3. The van der Waals surface area contributed by atoms with E-state index in [2.05, 4.69) is 6.92 Å². The first kappa shape index (κ1) is 20.9. The Kier molecular flexibility index (Phi) is 10.1. The van der Waals surface area contributed by atoms with Crippen LogP contribution in [-0.2, 0) is 0 Å². The van der Waals surface area contributed by atoms with Crippen LogP contribution in [0.25, 0.3) is 0 Å². The molecule has 2 saturated carbocycles. The minimum atomic E-state index is -1.50. The first-order valence-electron chi connectivity index (χ1n) is 11.2. The maximum absolute atomic E-state index is 12.1. The van der Waals surface area contributed by atoms with Crippen molar-refractivity contribution in [2.24, 2.45) is 23.7 Å². The quantitative estimate of drug-likeness (QED) is 0.345. The molecule has 0 aromatic carbocycles. The fourth-order valence-electron chi connectivity index (χ4n) is 5.36. The van der Waals surface area contributed by atoms with Crippen LogP contribution >= 0.6 is 0 Å². The molecule has 2 fully saturated rings. The predicted molar refractivity (Wildman–Crippen MR) is 104 cm³/mol. The Morgan fingerprint density at radius 3 is 1.76 bits per heavy atom. The van der Waals surface area contributed by atoms with E-state index in [0.717, 1.165) is 30.3 Å². The average Bonchev–Trinajstić information content (AvgIpc) is 2.62. The second-order valence-corrected chi connectivity index (χ2v) is 8.84. The Balaban J connectivity index is 1.55. The first-order chi connectivity index (χ1) is 12.2. The van der Waals surface area contributed by atoms with E-state index in [1.165, 1.54) is 89.9 Å². The normalized spacial score (nSPS) is 30.2. The standard InChI is InChI=1S/C23H40F2/c1-2-3-4-5-6-8-19-11-15-21(16-12-19)22-17-13-20(14-18-22)9-7-10-23(24)25/h10,19-22H,2-9,11-18H2,1H3/t19-,20-,21-,22-. The van der Waals surface area contributed by atoms with Gasteiger partial charge in [-0.1, -0.05) is 71.1 Å². The third-order valence-corrected chi connectivity index (χ3v) is 7.04. The summed E-state index contributed by atoms with van der Waals surface area (Å²) in [6, 6.07) is 0. The van der Waals surface area contributed by atoms with Crippen molar-refractivity contribution in [3.63, 3.8) is 0 Å². The number of rotatable bonds is 10. The van der Waals surface area contributed by atoms with Gasteiger partial charge in [0.15, 0.2) is 0 Å². The van der Waals surface area contributed by atoms with Gasteiger partial charge in [-0.3, -0.25) is 0 Å². The number of unbranched alkanes of at least 4 members (excludes halogenated alkanes) is 4. The lowest BCUT2D eigenvalue weighted by atomic mass is 9.68. The van der Waals surface area contributed by atoms with E-state index in [9.17, 15) is 8.78 Å². The molecule has 0 bridgehead atoms. The number of hydrogen-bond donors (Lipinski definition) is 0. The van der Waals surface area contributed by atoms with Crippen LogP contribution in [0.3, 0.4) is 0 Å². The number of hydrogen-bond acceptors (Lipinski definition) is 0. The number of allylic oxidation sites excluding steroid dienone is 1. The third-order valence-electron chi connectivity index (χ3n) is 7.04. The van der Waals surface area contributed by atoms with Crippen molar-refractivity contribution in [1.82, 2.24) is 0 Å². The van der Waals surface area contributed by atoms with Gasteiger partial charge in [0.05, 0.1) is 0 Å². The molecule has 0 spiro atoms. The summed E-state index contributed by atoms with van der Waals surface area (Å²) in [5, 5.41) is 0. The monoisotopic (exact) mass is 354 g/mol. The largest absolute Gasteiger partial charge is 0.266 e. The van der Waals surface area contributed by atoms with Crippen molar-refractivity contribution < 1.29 is 8.78 Å². The molecule has 146 valence electrons. The highest BCUT2D eigenvalue weighted by Crippen LogP contribution is 2.43. The molecule has 0 aliphatic heterocycles. The molecule has 2 aliphatic rings. The minimum Gasteiger partial charge on any atom is -0.174 e. The van der Waals surface area contributed by atoms with E-state index in [1.807, 2.05) is 0 Å². The van der Waals surface area contributed by atoms with Crippen molar-refractivity contribution in [1.29, 1.82) is 0 Å². The van der Waals surface area contributed by atoms with Crippen LogP contribution in [0.15, 0.2) is 12.2 Å². The van der Waals surface area contributed by atoms with Crippen LogP contribution in [0.5, 0.6) is 0 Å². The van der Waals surface area contributed by atoms with Gasteiger partial charge >= 0.3 is 0 Å².